The normalized spacial score (nSPS) is 28.9. The van der Waals surface area contributed by atoms with Crippen molar-refractivity contribution in [1.29, 1.82) is 0 Å². The molecular formula is C36H41F2N9O4. The zero-order valence-corrected chi connectivity index (χ0v) is 28.2. The van der Waals surface area contributed by atoms with Gasteiger partial charge in [-0.2, -0.15) is 15.0 Å². The maximum absolute atomic E-state index is 15.0. The molecule has 15 heteroatoms. The van der Waals surface area contributed by atoms with Crippen molar-refractivity contribution in [3.05, 3.63) is 54.1 Å². The van der Waals surface area contributed by atoms with Crippen molar-refractivity contribution in [2.45, 2.75) is 68.2 Å². The zero-order valence-electron chi connectivity index (χ0n) is 28.2. The summed E-state index contributed by atoms with van der Waals surface area (Å²) < 4.78 is 41.3. The molecule has 3 amide bonds. The number of nitrogens with zero attached hydrogens (tertiary/aromatic N) is 7. The molecule has 4 bridgehead atoms. The van der Waals surface area contributed by atoms with Crippen LogP contribution in [-0.2, 0) is 9.47 Å². The number of halogens is 2. The number of morpholine rings is 2. The van der Waals surface area contributed by atoms with Gasteiger partial charge in [-0.1, -0.05) is 0 Å². The van der Waals surface area contributed by atoms with Crippen LogP contribution in [0.2, 0.25) is 0 Å². The number of rotatable bonds is 7. The van der Waals surface area contributed by atoms with Crippen LogP contribution < -0.4 is 20.4 Å². The third-order valence-electron chi connectivity index (χ3n) is 11.1. The molecule has 0 radical (unpaired) electrons. The van der Waals surface area contributed by atoms with Crippen molar-refractivity contribution in [2.75, 3.05) is 73.0 Å². The minimum Gasteiger partial charge on any atom is -0.377 e. The average molecular weight is 702 g/mol. The van der Waals surface area contributed by atoms with Crippen LogP contribution in [0, 0.1) is 0 Å². The number of hydrogen-bond donors (Lipinski definition) is 2. The van der Waals surface area contributed by atoms with E-state index in [2.05, 4.69) is 15.5 Å². The molecular weight excluding hydrogens is 660 g/mol. The van der Waals surface area contributed by atoms with Crippen LogP contribution in [0.5, 0.6) is 0 Å². The number of alkyl halides is 2. The van der Waals surface area contributed by atoms with E-state index in [0.717, 1.165) is 26.2 Å². The van der Waals surface area contributed by atoms with Crippen LogP contribution in [0.4, 0.5) is 36.8 Å². The number of carbonyl (C=O) groups is 2. The van der Waals surface area contributed by atoms with Crippen molar-refractivity contribution in [1.82, 2.24) is 24.8 Å². The van der Waals surface area contributed by atoms with Gasteiger partial charge in [0.25, 0.3) is 5.91 Å². The largest absolute Gasteiger partial charge is 0.377 e. The second-order valence-electron chi connectivity index (χ2n) is 14.4. The molecule has 3 aromatic rings. The van der Waals surface area contributed by atoms with Gasteiger partial charge in [0.15, 0.2) is 5.82 Å². The molecule has 9 rings (SSSR count). The molecule has 6 heterocycles. The third kappa shape index (κ3) is 6.35. The first-order valence-corrected chi connectivity index (χ1v) is 18.0. The fourth-order valence-corrected chi connectivity index (χ4v) is 8.21. The lowest BCUT2D eigenvalue weighted by molar-refractivity contribution is 0.0627. The predicted octanol–water partition coefficient (Wildman–Crippen LogP) is 3.73. The van der Waals surface area contributed by atoms with Crippen LogP contribution in [0.1, 0.15) is 36.0 Å². The number of amides is 3. The Morgan fingerprint density at radius 2 is 1.20 bits per heavy atom. The summed E-state index contributed by atoms with van der Waals surface area (Å²) in [5, 5.41) is 5.66. The molecule has 51 heavy (non-hydrogen) atoms. The highest BCUT2D eigenvalue weighted by Gasteiger charge is 2.49. The standard InChI is InChI=1S/C36H41F2N9O4/c37-28-15-26-17-50-19-30(28)46(26)34-41-32(42-35(43-34)47-27-16-29(38)31(47)20-51-18-27)21-1-5-23(6-2-21)39-36(49)40-24-7-3-22(4-8-24)33(48)45-13-11-44(12-14-45)25-9-10-25/h1-8,25-31H,9-20H2,(H2,39,40,49)/t26-,27-,28+,29+,30-,31-/m0/s1. The van der Waals surface area contributed by atoms with Gasteiger partial charge in [0.2, 0.25) is 11.9 Å². The Morgan fingerprint density at radius 1 is 0.667 bits per heavy atom. The fraction of sp³-hybridized carbons (Fsp3) is 0.528. The van der Waals surface area contributed by atoms with Crippen LogP contribution in [0.15, 0.2) is 48.5 Å². The topological polar surface area (TPSA) is 128 Å². The molecule has 13 nitrogen and oxygen atoms in total. The van der Waals surface area contributed by atoms with Gasteiger partial charge in [-0.3, -0.25) is 9.69 Å². The van der Waals surface area contributed by atoms with Crippen molar-refractivity contribution in [3.8, 4) is 11.4 Å². The van der Waals surface area contributed by atoms with Crippen LogP contribution in [-0.4, -0.2) is 132 Å². The summed E-state index contributed by atoms with van der Waals surface area (Å²) in [5.41, 5.74) is 2.36. The number of fused-ring (bicyclic) bond motifs is 4. The first kappa shape index (κ1) is 32.4. The van der Waals surface area contributed by atoms with Crippen LogP contribution in [0.25, 0.3) is 11.4 Å². The summed E-state index contributed by atoms with van der Waals surface area (Å²) in [6.07, 6.45) is 1.07. The Bertz CT molecular complexity index is 1720. The van der Waals surface area contributed by atoms with Crippen molar-refractivity contribution < 1.29 is 27.8 Å². The summed E-state index contributed by atoms with van der Waals surface area (Å²) in [7, 11) is 0. The number of piperazine rings is 1. The van der Waals surface area contributed by atoms with E-state index in [-0.39, 0.29) is 31.2 Å². The van der Waals surface area contributed by atoms with E-state index >= 15 is 0 Å². The summed E-state index contributed by atoms with van der Waals surface area (Å²) in [4.78, 5) is 48.5. The molecule has 2 aromatic carbocycles. The minimum absolute atomic E-state index is 0.00627. The van der Waals surface area contributed by atoms with Crippen molar-refractivity contribution in [2.24, 2.45) is 0 Å². The fourth-order valence-electron chi connectivity index (χ4n) is 8.21. The van der Waals surface area contributed by atoms with Gasteiger partial charge in [-0.05, 0) is 61.4 Å². The van der Waals surface area contributed by atoms with Gasteiger partial charge < -0.3 is 34.8 Å². The highest BCUT2D eigenvalue weighted by molar-refractivity contribution is 6.00. The number of aromatic nitrogens is 3. The highest BCUT2D eigenvalue weighted by atomic mass is 19.1. The molecule has 0 unspecified atom stereocenters. The first-order valence-electron chi connectivity index (χ1n) is 18.0. The molecule has 5 saturated heterocycles. The lowest BCUT2D eigenvalue weighted by atomic mass is 10.1. The number of anilines is 4. The molecule has 0 spiro atoms. The molecule has 6 fully saturated rings. The van der Waals surface area contributed by atoms with Gasteiger partial charge in [-0.25, -0.2) is 13.6 Å². The van der Waals surface area contributed by atoms with Gasteiger partial charge in [0, 0.05) is 67.6 Å². The van der Waals surface area contributed by atoms with Gasteiger partial charge in [0.05, 0.1) is 50.6 Å². The average Bonchev–Trinajstić information content (AvgIpc) is 3.95. The van der Waals surface area contributed by atoms with E-state index in [1.165, 1.54) is 12.8 Å². The Balaban J connectivity index is 0.884. The lowest BCUT2D eigenvalue weighted by Crippen LogP contribution is -2.50. The Labute approximate surface area is 294 Å². The van der Waals surface area contributed by atoms with Crippen molar-refractivity contribution >= 4 is 35.2 Å². The highest BCUT2D eigenvalue weighted by Crippen LogP contribution is 2.39. The molecule has 1 aromatic heterocycles. The number of urea groups is 1. The summed E-state index contributed by atoms with van der Waals surface area (Å²) >= 11 is 0. The maximum Gasteiger partial charge on any atom is 0.323 e. The van der Waals surface area contributed by atoms with Crippen molar-refractivity contribution in [3.63, 3.8) is 0 Å². The Morgan fingerprint density at radius 3 is 1.71 bits per heavy atom. The van der Waals surface area contributed by atoms with Crippen LogP contribution in [0.3, 0.4) is 0 Å². The van der Waals surface area contributed by atoms with Gasteiger partial charge in [0.1, 0.15) is 12.3 Å². The molecule has 1 saturated carbocycles. The van der Waals surface area contributed by atoms with Crippen LogP contribution >= 0.6 is 0 Å². The van der Waals surface area contributed by atoms with E-state index in [0.29, 0.717) is 72.3 Å². The second-order valence-corrected chi connectivity index (χ2v) is 14.4. The van der Waals surface area contributed by atoms with Gasteiger partial charge in [-0.15, -0.1) is 0 Å². The van der Waals surface area contributed by atoms with E-state index < -0.39 is 30.5 Å². The number of nitrogens with one attached hydrogen (secondary N) is 2. The lowest BCUT2D eigenvalue weighted by Gasteiger charge is -2.37. The summed E-state index contributed by atoms with van der Waals surface area (Å²) in [5.74, 6) is 1.07. The number of carbonyl (C=O) groups excluding carboxylic acids is 2. The van der Waals surface area contributed by atoms with E-state index in [4.69, 9.17) is 24.4 Å². The summed E-state index contributed by atoms with van der Waals surface area (Å²) in [6.45, 7) is 4.54. The SMILES string of the molecule is O=C(Nc1ccc(C(=O)N2CCN(C3CC3)CC2)cc1)Nc1ccc(-c2nc(N3[C@@H]4COC[C@H]3[C@H](F)C4)nc(N3[C@@H]4COC[C@H]3[C@H](F)C4)n2)cc1. The van der Waals surface area contributed by atoms with E-state index in [9.17, 15) is 18.4 Å². The number of ether oxygens (including phenoxy) is 2. The number of hydrogen-bond acceptors (Lipinski definition) is 10. The Kier molecular flexibility index (Phi) is 8.43. The predicted molar refractivity (Wildman–Crippen MR) is 186 cm³/mol. The molecule has 5 aliphatic heterocycles. The first-order chi connectivity index (χ1) is 24.9. The monoisotopic (exact) mass is 701 g/mol. The maximum atomic E-state index is 15.0. The molecule has 6 atom stereocenters. The third-order valence-corrected chi connectivity index (χ3v) is 11.1. The van der Waals surface area contributed by atoms with E-state index in [1.807, 2.05) is 14.7 Å². The molecule has 1 aliphatic carbocycles. The Hall–Kier alpha value is -4.47. The molecule has 268 valence electrons. The molecule has 6 aliphatic rings. The molecule has 2 N–H and O–H groups in total. The van der Waals surface area contributed by atoms with Gasteiger partial charge >= 0.3 is 6.03 Å². The number of benzene rings is 2. The zero-order chi connectivity index (χ0) is 34.6. The summed E-state index contributed by atoms with van der Waals surface area (Å²) in [6, 6.07) is 12.9. The minimum atomic E-state index is -1.06. The van der Waals surface area contributed by atoms with E-state index in [1.54, 1.807) is 48.5 Å². The quantitative estimate of drug-likeness (QED) is 0.376. The second kappa shape index (κ2) is 13.3. The smallest absolute Gasteiger partial charge is 0.323 e.